The molecule has 1 fully saturated rings. The first-order chi connectivity index (χ1) is 11.2. The number of amides is 3. The summed E-state index contributed by atoms with van der Waals surface area (Å²) in [5.74, 6) is -0.536. The van der Waals surface area contributed by atoms with E-state index in [1.807, 2.05) is 0 Å². The zero-order valence-corrected chi connectivity index (χ0v) is 15.0. The number of hydrogen-bond donors (Lipinski definition) is 2. The number of alkyl carbamates (subject to hydrolysis) is 1. The van der Waals surface area contributed by atoms with Crippen molar-refractivity contribution in [1.29, 1.82) is 0 Å². The molecule has 1 rings (SSSR count). The van der Waals surface area contributed by atoms with Gasteiger partial charge in [0.1, 0.15) is 11.6 Å². The largest absolute Gasteiger partial charge is 0.467 e. The second-order valence-electron chi connectivity index (χ2n) is 6.79. The third-order valence-electron chi connectivity index (χ3n) is 3.53. The van der Waals surface area contributed by atoms with Gasteiger partial charge in [-0.3, -0.25) is 0 Å². The zero-order chi connectivity index (χ0) is 18.2. The van der Waals surface area contributed by atoms with E-state index in [2.05, 4.69) is 10.6 Å². The molecule has 1 heterocycles. The van der Waals surface area contributed by atoms with Crippen LogP contribution >= 0.6 is 0 Å². The Morgan fingerprint density at radius 3 is 2.29 bits per heavy atom. The van der Waals surface area contributed by atoms with Gasteiger partial charge < -0.3 is 25.0 Å². The third kappa shape index (κ3) is 7.52. The molecule has 0 aromatic heterocycles. The Morgan fingerprint density at radius 1 is 1.12 bits per heavy atom. The number of rotatable bonds is 5. The highest BCUT2D eigenvalue weighted by Crippen LogP contribution is 2.09. The average molecular weight is 343 g/mol. The summed E-state index contributed by atoms with van der Waals surface area (Å²) in [4.78, 5) is 37.3. The first kappa shape index (κ1) is 20.1. The number of nitrogens with zero attached hydrogens (tertiary/aromatic N) is 1. The van der Waals surface area contributed by atoms with Gasteiger partial charge >= 0.3 is 18.1 Å². The fourth-order valence-corrected chi connectivity index (χ4v) is 2.36. The van der Waals surface area contributed by atoms with Crippen molar-refractivity contribution in [1.82, 2.24) is 15.5 Å². The molecule has 138 valence electrons. The summed E-state index contributed by atoms with van der Waals surface area (Å²) in [6.45, 7) is 6.87. The second-order valence-corrected chi connectivity index (χ2v) is 6.79. The Labute approximate surface area is 143 Å². The van der Waals surface area contributed by atoms with Gasteiger partial charge in [0, 0.05) is 19.6 Å². The third-order valence-corrected chi connectivity index (χ3v) is 3.53. The Hall–Kier alpha value is -1.99. The minimum Gasteiger partial charge on any atom is -0.467 e. The predicted octanol–water partition coefficient (Wildman–Crippen LogP) is 1.64. The molecule has 1 unspecified atom stereocenters. The zero-order valence-electron chi connectivity index (χ0n) is 15.0. The van der Waals surface area contributed by atoms with Gasteiger partial charge in [-0.2, -0.15) is 0 Å². The number of nitrogens with one attached hydrogen (secondary N) is 2. The van der Waals surface area contributed by atoms with Crippen LogP contribution in [0.3, 0.4) is 0 Å². The molecule has 1 aliphatic heterocycles. The molecule has 3 amide bonds. The van der Waals surface area contributed by atoms with Crippen LogP contribution in [0.25, 0.3) is 0 Å². The van der Waals surface area contributed by atoms with Crippen molar-refractivity contribution in [2.24, 2.45) is 0 Å². The van der Waals surface area contributed by atoms with Gasteiger partial charge in [-0.05, 0) is 46.5 Å². The van der Waals surface area contributed by atoms with Crippen molar-refractivity contribution < 1.29 is 23.9 Å². The Balaban J connectivity index is 2.46. The molecule has 0 bridgehead atoms. The lowest BCUT2D eigenvalue weighted by molar-refractivity contribution is -0.143. The summed E-state index contributed by atoms with van der Waals surface area (Å²) in [5.41, 5.74) is -0.589. The molecule has 1 saturated heterocycles. The Bertz CT molecular complexity index is 441. The smallest absolute Gasteiger partial charge is 0.407 e. The molecule has 1 atom stereocenters. The molecule has 0 spiro atoms. The highest BCUT2D eigenvalue weighted by molar-refractivity contribution is 5.83. The van der Waals surface area contributed by atoms with Gasteiger partial charge in [0.05, 0.1) is 7.11 Å². The number of hydrogen-bond acceptors (Lipinski definition) is 5. The summed E-state index contributed by atoms with van der Waals surface area (Å²) in [6.07, 6.45) is 2.72. The predicted molar refractivity (Wildman–Crippen MR) is 88.6 cm³/mol. The fraction of sp³-hybridized carbons (Fsp3) is 0.812. The first-order valence-corrected chi connectivity index (χ1v) is 8.33. The van der Waals surface area contributed by atoms with Crippen molar-refractivity contribution in [2.45, 2.75) is 58.1 Å². The highest BCUT2D eigenvalue weighted by atomic mass is 16.6. The fourth-order valence-electron chi connectivity index (χ4n) is 2.36. The molecular formula is C16H29N3O5. The van der Waals surface area contributed by atoms with Gasteiger partial charge in [0.15, 0.2) is 0 Å². The van der Waals surface area contributed by atoms with Crippen LogP contribution < -0.4 is 10.6 Å². The summed E-state index contributed by atoms with van der Waals surface area (Å²) in [6, 6.07) is -1.08. The van der Waals surface area contributed by atoms with Gasteiger partial charge in [-0.15, -0.1) is 0 Å². The SMILES string of the molecule is COC(=O)C(CCNC(=O)OC(C)(C)C)NC(=O)N1CCCCC1. The van der Waals surface area contributed by atoms with Crippen LogP contribution in [0.4, 0.5) is 9.59 Å². The lowest BCUT2D eigenvalue weighted by Crippen LogP contribution is -2.50. The van der Waals surface area contributed by atoms with Crippen molar-refractivity contribution in [2.75, 3.05) is 26.7 Å². The summed E-state index contributed by atoms with van der Waals surface area (Å²) < 4.78 is 9.84. The van der Waals surface area contributed by atoms with Crippen molar-refractivity contribution in [3.05, 3.63) is 0 Å². The van der Waals surface area contributed by atoms with E-state index in [0.29, 0.717) is 13.1 Å². The molecule has 0 radical (unpaired) electrons. The van der Waals surface area contributed by atoms with Gasteiger partial charge in [0.2, 0.25) is 0 Å². The molecule has 8 nitrogen and oxygen atoms in total. The van der Waals surface area contributed by atoms with Crippen LogP contribution in [-0.4, -0.2) is 61.4 Å². The van der Waals surface area contributed by atoms with E-state index in [-0.39, 0.29) is 19.0 Å². The number of urea groups is 1. The second kappa shape index (κ2) is 9.34. The number of piperidine rings is 1. The number of ether oxygens (including phenoxy) is 2. The summed E-state index contributed by atoms with van der Waals surface area (Å²) >= 11 is 0. The lowest BCUT2D eigenvalue weighted by Gasteiger charge is -2.28. The van der Waals surface area contributed by atoms with Gasteiger partial charge in [0.25, 0.3) is 0 Å². The minimum absolute atomic E-state index is 0.189. The summed E-state index contributed by atoms with van der Waals surface area (Å²) in [7, 11) is 1.27. The Morgan fingerprint density at radius 2 is 1.75 bits per heavy atom. The molecule has 24 heavy (non-hydrogen) atoms. The van der Waals surface area contributed by atoms with Crippen LogP contribution in [0, 0.1) is 0 Å². The number of methoxy groups -OCH3 is 1. The maximum absolute atomic E-state index is 12.2. The van der Waals surface area contributed by atoms with E-state index in [0.717, 1.165) is 19.3 Å². The number of carbonyl (C=O) groups is 3. The highest BCUT2D eigenvalue weighted by Gasteiger charge is 2.25. The van der Waals surface area contributed by atoms with E-state index in [1.165, 1.54) is 7.11 Å². The topological polar surface area (TPSA) is 97.0 Å². The molecule has 0 aromatic rings. The van der Waals surface area contributed by atoms with Crippen LogP contribution in [0.15, 0.2) is 0 Å². The lowest BCUT2D eigenvalue weighted by atomic mass is 10.1. The van der Waals surface area contributed by atoms with Crippen molar-refractivity contribution in [3.8, 4) is 0 Å². The van der Waals surface area contributed by atoms with Gasteiger partial charge in [-0.1, -0.05) is 0 Å². The standard InChI is InChI=1S/C16H29N3O5/c1-16(2,3)24-15(22)17-9-8-12(13(20)23-4)18-14(21)19-10-6-5-7-11-19/h12H,5-11H2,1-4H3,(H,17,22)(H,18,21). The quantitative estimate of drug-likeness (QED) is 0.740. The van der Waals surface area contributed by atoms with Crippen molar-refractivity contribution >= 4 is 18.1 Å². The molecular weight excluding hydrogens is 314 g/mol. The monoisotopic (exact) mass is 343 g/mol. The van der Waals surface area contributed by atoms with Crippen molar-refractivity contribution in [3.63, 3.8) is 0 Å². The average Bonchev–Trinajstić information content (AvgIpc) is 2.52. The molecule has 1 aliphatic rings. The summed E-state index contributed by atoms with van der Waals surface area (Å²) in [5, 5.41) is 5.25. The first-order valence-electron chi connectivity index (χ1n) is 8.33. The van der Waals surface area contributed by atoms with Crippen LogP contribution in [-0.2, 0) is 14.3 Å². The number of likely N-dealkylation sites (tertiary alicyclic amines) is 1. The minimum atomic E-state index is -0.806. The van der Waals surface area contributed by atoms with E-state index in [9.17, 15) is 14.4 Å². The van der Waals surface area contributed by atoms with Crippen LogP contribution in [0.2, 0.25) is 0 Å². The number of esters is 1. The van der Waals surface area contributed by atoms with Crippen LogP contribution in [0.1, 0.15) is 46.5 Å². The van der Waals surface area contributed by atoms with E-state index in [1.54, 1.807) is 25.7 Å². The Kier molecular flexibility index (Phi) is 7.81. The van der Waals surface area contributed by atoms with Crippen LogP contribution in [0.5, 0.6) is 0 Å². The normalized spacial score (nSPS) is 16.1. The van der Waals surface area contributed by atoms with E-state index in [4.69, 9.17) is 9.47 Å². The van der Waals surface area contributed by atoms with Gasteiger partial charge in [-0.25, -0.2) is 14.4 Å². The molecule has 0 saturated carbocycles. The maximum Gasteiger partial charge on any atom is 0.407 e. The van der Waals surface area contributed by atoms with E-state index < -0.39 is 23.7 Å². The maximum atomic E-state index is 12.2. The number of carbonyl (C=O) groups excluding carboxylic acids is 3. The molecule has 8 heteroatoms. The van der Waals surface area contributed by atoms with E-state index >= 15 is 0 Å². The molecule has 0 aliphatic carbocycles. The molecule has 0 aromatic carbocycles. The molecule has 2 N–H and O–H groups in total.